The minimum absolute atomic E-state index is 0.506. The van der Waals surface area contributed by atoms with Gasteiger partial charge < -0.3 is 13.7 Å². The van der Waals surface area contributed by atoms with Gasteiger partial charge in [-0.15, -0.1) is 11.6 Å². The van der Waals surface area contributed by atoms with E-state index in [0.717, 1.165) is 22.7 Å². The van der Waals surface area contributed by atoms with E-state index in [-0.39, 0.29) is 0 Å². The van der Waals surface area contributed by atoms with Gasteiger partial charge in [-0.3, -0.25) is 0 Å². The van der Waals surface area contributed by atoms with Crippen molar-refractivity contribution in [1.29, 1.82) is 0 Å². The highest BCUT2D eigenvalue weighted by atomic mass is 35.5. The number of alkyl halides is 1. The highest BCUT2D eigenvalue weighted by Crippen LogP contribution is 2.10. The van der Waals surface area contributed by atoms with E-state index < -0.39 is 18.6 Å². The zero-order valence-corrected chi connectivity index (χ0v) is 14.3. The standard InChI is InChI=1S/C15H17ClO3Si2/c16-12-14-8-6-13(7-9-14)10-11-20(17)19-21(18)15-4-2-1-3-5-15/h1-9,17-18H,10-12H2. The van der Waals surface area contributed by atoms with Gasteiger partial charge in [0.2, 0.25) is 0 Å². The molecule has 0 saturated carbocycles. The van der Waals surface area contributed by atoms with Crippen LogP contribution in [0.1, 0.15) is 11.1 Å². The molecule has 2 radical (unpaired) electrons. The molecule has 110 valence electrons. The van der Waals surface area contributed by atoms with E-state index in [0.29, 0.717) is 11.9 Å². The van der Waals surface area contributed by atoms with Crippen LogP contribution in [0.3, 0.4) is 0 Å². The maximum absolute atomic E-state index is 9.99. The van der Waals surface area contributed by atoms with Crippen molar-refractivity contribution in [2.45, 2.75) is 18.3 Å². The van der Waals surface area contributed by atoms with Crippen molar-refractivity contribution in [3.8, 4) is 0 Å². The first kappa shape index (κ1) is 16.4. The van der Waals surface area contributed by atoms with E-state index in [1.54, 1.807) is 0 Å². The van der Waals surface area contributed by atoms with Crippen LogP contribution in [0.2, 0.25) is 6.04 Å². The maximum atomic E-state index is 9.99. The maximum Gasteiger partial charge on any atom is 0.411 e. The molecule has 0 aliphatic carbocycles. The molecule has 0 aromatic heterocycles. The molecule has 0 spiro atoms. The number of hydrogen-bond donors (Lipinski definition) is 2. The van der Waals surface area contributed by atoms with Crippen molar-refractivity contribution < 1.29 is 13.7 Å². The zero-order chi connectivity index (χ0) is 15.1. The average molecular weight is 337 g/mol. The summed E-state index contributed by atoms with van der Waals surface area (Å²) in [5, 5.41) is 0.755. The number of hydrogen-bond acceptors (Lipinski definition) is 3. The van der Waals surface area contributed by atoms with E-state index in [1.165, 1.54) is 0 Å². The number of rotatable bonds is 7. The molecule has 0 unspecified atom stereocenters. The van der Waals surface area contributed by atoms with Crippen LogP contribution in [0.25, 0.3) is 0 Å². The zero-order valence-electron chi connectivity index (χ0n) is 11.5. The Morgan fingerprint density at radius 2 is 1.52 bits per heavy atom. The first-order valence-electron chi connectivity index (χ1n) is 6.67. The quantitative estimate of drug-likeness (QED) is 0.599. The molecule has 0 aliphatic heterocycles. The van der Waals surface area contributed by atoms with E-state index in [4.69, 9.17) is 15.7 Å². The van der Waals surface area contributed by atoms with Gasteiger partial charge in [0.1, 0.15) is 0 Å². The Labute approximate surface area is 133 Å². The van der Waals surface area contributed by atoms with Crippen LogP contribution in [0, 0.1) is 0 Å². The smallest absolute Gasteiger partial charge is 0.410 e. The summed E-state index contributed by atoms with van der Waals surface area (Å²) in [4.78, 5) is 20.0. The van der Waals surface area contributed by atoms with E-state index in [1.807, 2.05) is 54.6 Å². The lowest BCUT2D eigenvalue weighted by Gasteiger charge is -2.12. The monoisotopic (exact) mass is 336 g/mol. The molecule has 3 nitrogen and oxygen atoms in total. The average Bonchev–Trinajstić information content (AvgIpc) is 2.54. The molecular weight excluding hydrogens is 320 g/mol. The minimum atomic E-state index is -2.10. The Kier molecular flexibility index (Phi) is 6.63. The number of halogens is 1. The second kappa shape index (κ2) is 8.48. The summed E-state index contributed by atoms with van der Waals surface area (Å²) in [5.41, 5.74) is 2.21. The van der Waals surface area contributed by atoms with Gasteiger partial charge in [-0.05, 0) is 28.8 Å². The van der Waals surface area contributed by atoms with Crippen LogP contribution in [0.15, 0.2) is 54.6 Å². The second-order valence-electron chi connectivity index (χ2n) is 4.62. The normalized spacial score (nSPS) is 11.3. The van der Waals surface area contributed by atoms with Crippen LogP contribution in [-0.4, -0.2) is 28.2 Å². The molecule has 0 saturated heterocycles. The third kappa shape index (κ3) is 5.39. The van der Waals surface area contributed by atoms with Gasteiger partial charge in [0.25, 0.3) is 0 Å². The van der Waals surface area contributed by atoms with Crippen LogP contribution < -0.4 is 5.19 Å². The Bertz CT molecular complexity index is 536. The summed E-state index contributed by atoms with van der Waals surface area (Å²) in [7, 11) is -4.08. The molecular formula is C15H17ClO3Si2. The minimum Gasteiger partial charge on any atom is -0.410 e. The Hall–Kier alpha value is -0.956. The summed E-state index contributed by atoms with van der Waals surface area (Å²) in [5.74, 6) is 0.506. The highest BCUT2D eigenvalue weighted by Gasteiger charge is 2.21. The van der Waals surface area contributed by atoms with Gasteiger partial charge in [-0.25, -0.2) is 0 Å². The largest absolute Gasteiger partial charge is 0.411 e. The van der Waals surface area contributed by atoms with Crippen molar-refractivity contribution in [3.63, 3.8) is 0 Å². The molecule has 2 aromatic carbocycles. The predicted molar refractivity (Wildman–Crippen MR) is 87.6 cm³/mol. The Balaban J connectivity index is 1.80. The Morgan fingerprint density at radius 3 is 2.14 bits per heavy atom. The SMILES string of the molecule is O[Si](CCc1ccc(CCl)cc1)O[Si](O)c1ccccc1. The lowest BCUT2D eigenvalue weighted by molar-refractivity contribution is 0.365. The summed E-state index contributed by atoms with van der Waals surface area (Å²) >= 11 is 5.74. The third-order valence-corrected chi connectivity index (χ3v) is 6.57. The Morgan fingerprint density at radius 1 is 0.905 bits per heavy atom. The molecule has 6 heteroatoms. The molecule has 0 heterocycles. The second-order valence-corrected chi connectivity index (χ2v) is 8.18. The summed E-state index contributed by atoms with van der Waals surface area (Å²) < 4.78 is 5.40. The van der Waals surface area contributed by atoms with Gasteiger partial charge >= 0.3 is 18.6 Å². The van der Waals surface area contributed by atoms with Gasteiger partial charge in [-0.1, -0.05) is 54.6 Å². The summed E-state index contributed by atoms with van der Waals surface area (Å²) in [6, 6.07) is 17.7. The molecule has 0 aliphatic rings. The van der Waals surface area contributed by atoms with Gasteiger partial charge in [-0.2, -0.15) is 0 Å². The first-order valence-corrected chi connectivity index (χ1v) is 10.1. The van der Waals surface area contributed by atoms with E-state index >= 15 is 0 Å². The van der Waals surface area contributed by atoms with Crippen molar-refractivity contribution in [3.05, 3.63) is 65.7 Å². The van der Waals surface area contributed by atoms with E-state index in [2.05, 4.69) is 0 Å². The summed E-state index contributed by atoms with van der Waals surface area (Å²) in [6.07, 6.45) is 0.733. The molecule has 2 rings (SSSR count). The van der Waals surface area contributed by atoms with Crippen LogP contribution in [0.5, 0.6) is 0 Å². The lowest BCUT2D eigenvalue weighted by Crippen LogP contribution is -2.39. The van der Waals surface area contributed by atoms with Crippen molar-refractivity contribution in [2.75, 3.05) is 0 Å². The number of aryl methyl sites for hydroxylation is 1. The van der Waals surface area contributed by atoms with Crippen molar-refractivity contribution in [2.24, 2.45) is 0 Å². The summed E-state index contributed by atoms with van der Waals surface area (Å²) in [6.45, 7) is 0. The molecule has 21 heavy (non-hydrogen) atoms. The van der Waals surface area contributed by atoms with E-state index in [9.17, 15) is 9.59 Å². The van der Waals surface area contributed by atoms with Crippen molar-refractivity contribution in [1.82, 2.24) is 0 Å². The molecule has 0 fully saturated rings. The lowest BCUT2D eigenvalue weighted by atomic mass is 10.1. The third-order valence-electron chi connectivity index (χ3n) is 3.04. The molecule has 0 bridgehead atoms. The molecule has 0 amide bonds. The van der Waals surface area contributed by atoms with Crippen LogP contribution in [0.4, 0.5) is 0 Å². The first-order chi connectivity index (χ1) is 10.2. The fourth-order valence-corrected chi connectivity index (χ4v) is 4.78. The van der Waals surface area contributed by atoms with Gasteiger partial charge in [0, 0.05) is 5.88 Å². The molecule has 2 N–H and O–H groups in total. The fourth-order valence-electron chi connectivity index (χ4n) is 1.85. The number of benzene rings is 2. The molecule has 0 atom stereocenters. The highest BCUT2D eigenvalue weighted by molar-refractivity contribution is 6.67. The topological polar surface area (TPSA) is 49.7 Å². The fraction of sp³-hybridized carbons (Fsp3) is 0.200. The van der Waals surface area contributed by atoms with Crippen LogP contribution in [-0.2, 0) is 16.4 Å². The van der Waals surface area contributed by atoms with Gasteiger partial charge in [0.05, 0.1) is 0 Å². The predicted octanol–water partition coefficient (Wildman–Crippen LogP) is 1.85. The van der Waals surface area contributed by atoms with Crippen LogP contribution >= 0.6 is 11.6 Å². The van der Waals surface area contributed by atoms with Gasteiger partial charge in [0.15, 0.2) is 0 Å². The molecule has 2 aromatic rings. The van der Waals surface area contributed by atoms with Crippen molar-refractivity contribution >= 4 is 35.4 Å².